The summed E-state index contributed by atoms with van der Waals surface area (Å²) in [7, 11) is 0. The lowest BCUT2D eigenvalue weighted by Crippen LogP contribution is -2.55. The first-order valence-corrected chi connectivity index (χ1v) is 5.75. The van der Waals surface area contributed by atoms with Crippen LogP contribution in [0.15, 0.2) is 0 Å². The molecular formula is C11H22N2. The quantitative estimate of drug-likeness (QED) is 0.716. The van der Waals surface area contributed by atoms with Gasteiger partial charge in [-0.15, -0.1) is 0 Å². The van der Waals surface area contributed by atoms with E-state index in [1.807, 2.05) is 0 Å². The maximum absolute atomic E-state index is 5.87. The van der Waals surface area contributed by atoms with Crippen molar-refractivity contribution in [2.24, 2.45) is 17.6 Å². The zero-order valence-electron chi connectivity index (χ0n) is 8.71. The lowest BCUT2D eigenvalue weighted by molar-refractivity contribution is 0.0379. The first-order valence-electron chi connectivity index (χ1n) is 5.75. The summed E-state index contributed by atoms with van der Waals surface area (Å²) in [6, 6.07) is 0.707. The lowest BCUT2D eigenvalue weighted by Gasteiger charge is -2.45. The summed E-state index contributed by atoms with van der Waals surface area (Å²) in [4.78, 5) is 2.60. The van der Waals surface area contributed by atoms with Crippen molar-refractivity contribution in [2.75, 3.05) is 19.6 Å². The molecule has 2 aliphatic rings. The van der Waals surface area contributed by atoms with E-state index in [2.05, 4.69) is 11.8 Å². The molecular weight excluding hydrogens is 160 g/mol. The largest absolute Gasteiger partial charge is 0.329 e. The van der Waals surface area contributed by atoms with E-state index in [0.29, 0.717) is 6.04 Å². The Hall–Kier alpha value is -0.0800. The second kappa shape index (κ2) is 3.97. The minimum Gasteiger partial charge on any atom is -0.329 e. The van der Waals surface area contributed by atoms with Gasteiger partial charge in [-0.25, -0.2) is 0 Å². The molecule has 2 fully saturated rings. The summed E-state index contributed by atoms with van der Waals surface area (Å²) in [6.45, 7) is 5.78. The van der Waals surface area contributed by atoms with Crippen molar-refractivity contribution in [2.45, 2.75) is 38.6 Å². The van der Waals surface area contributed by atoms with Gasteiger partial charge >= 0.3 is 0 Å². The van der Waals surface area contributed by atoms with Gasteiger partial charge in [-0.05, 0) is 24.7 Å². The van der Waals surface area contributed by atoms with Crippen LogP contribution in [0, 0.1) is 11.8 Å². The number of nitrogens with zero attached hydrogens (tertiary/aromatic N) is 1. The highest BCUT2D eigenvalue weighted by Crippen LogP contribution is 2.32. The molecule has 0 bridgehead atoms. The molecule has 0 radical (unpaired) electrons. The van der Waals surface area contributed by atoms with Crippen LogP contribution in [0.2, 0.25) is 0 Å². The molecule has 2 nitrogen and oxygen atoms in total. The molecule has 76 valence electrons. The average Bonchev–Trinajstić information content (AvgIpc) is 2.55. The maximum atomic E-state index is 5.87. The molecule has 13 heavy (non-hydrogen) atoms. The molecule has 2 rings (SSSR count). The summed E-state index contributed by atoms with van der Waals surface area (Å²) < 4.78 is 0. The molecule has 0 aromatic heterocycles. The topological polar surface area (TPSA) is 29.3 Å². The maximum Gasteiger partial charge on any atom is 0.0246 e. The first kappa shape index (κ1) is 9.47. The second-order valence-electron chi connectivity index (χ2n) is 4.91. The molecule has 0 spiro atoms. The summed E-state index contributed by atoms with van der Waals surface area (Å²) in [5, 5.41) is 0. The summed E-state index contributed by atoms with van der Waals surface area (Å²) in [5.41, 5.74) is 5.87. The molecule has 1 heterocycles. The van der Waals surface area contributed by atoms with E-state index in [1.54, 1.807) is 0 Å². The predicted octanol–water partition coefficient (Wildman–Crippen LogP) is 1.46. The lowest BCUT2D eigenvalue weighted by atomic mass is 9.91. The van der Waals surface area contributed by atoms with Crippen LogP contribution in [-0.4, -0.2) is 30.6 Å². The molecule has 1 atom stereocenters. The van der Waals surface area contributed by atoms with Crippen molar-refractivity contribution in [1.29, 1.82) is 0 Å². The van der Waals surface area contributed by atoms with E-state index < -0.39 is 0 Å². The highest BCUT2D eigenvalue weighted by atomic mass is 15.2. The Balaban J connectivity index is 1.85. The van der Waals surface area contributed by atoms with Crippen LogP contribution >= 0.6 is 0 Å². The van der Waals surface area contributed by atoms with Gasteiger partial charge in [0.1, 0.15) is 0 Å². The van der Waals surface area contributed by atoms with Gasteiger partial charge in [0.15, 0.2) is 0 Å². The second-order valence-corrected chi connectivity index (χ2v) is 4.91. The van der Waals surface area contributed by atoms with Gasteiger partial charge in [-0.1, -0.05) is 19.8 Å². The predicted molar refractivity (Wildman–Crippen MR) is 55.5 cm³/mol. The molecule has 2 N–H and O–H groups in total. The van der Waals surface area contributed by atoms with E-state index in [9.17, 15) is 0 Å². The highest BCUT2D eigenvalue weighted by molar-refractivity contribution is 4.89. The van der Waals surface area contributed by atoms with E-state index >= 15 is 0 Å². The minimum atomic E-state index is 0.707. The summed E-state index contributed by atoms with van der Waals surface area (Å²) >= 11 is 0. The molecule has 1 aliphatic heterocycles. The van der Waals surface area contributed by atoms with Crippen LogP contribution in [-0.2, 0) is 0 Å². The molecule has 1 saturated heterocycles. The van der Waals surface area contributed by atoms with Crippen LogP contribution in [0.5, 0.6) is 0 Å². The fourth-order valence-electron chi connectivity index (χ4n) is 3.00. The van der Waals surface area contributed by atoms with Gasteiger partial charge in [-0.2, -0.15) is 0 Å². The van der Waals surface area contributed by atoms with Crippen LogP contribution in [0.25, 0.3) is 0 Å². The van der Waals surface area contributed by atoms with Crippen molar-refractivity contribution in [3.05, 3.63) is 0 Å². The van der Waals surface area contributed by atoms with Crippen LogP contribution in [0.3, 0.4) is 0 Å². The zero-order chi connectivity index (χ0) is 9.26. The van der Waals surface area contributed by atoms with Crippen molar-refractivity contribution < 1.29 is 0 Å². The minimum absolute atomic E-state index is 0.707. The zero-order valence-corrected chi connectivity index (χ0v) is 8.71. The first-order chi connectivity index (χ1) is 6.31. The van der Waals surface area contributed by atoms with Gasteiger partial charge in [0.2, 0.25) is 0 Å². The molecule has 1 saturated carbocycles. The van der Waals surface area contributed by atoms with Gasteiger partial charge < -0.3 is 5.73 Å². The molecule has 1 aliphatic carbocycles. The Morgan fingerprint density at radius 2 is 1.92 bits per heavy atom. The average molecular weight is 182 g/mol. The van der Waals surface area contributed by atoms with Gasteiger partial charge in [0.25, 0.3) is 0 Å². The van der Waals surface area contributed by atoms with E-state index in [-0.39, 0.29) is 0 Å². The van der Waals surface area contributed by atoms with Crippen LogP contribution < -0.4 is 5.73 Å². The van der Waals surface area contributed by atoms with Gasteiger partial charge in [0.05, 0.1) is 0 Å². The van der Waals surface area contributed by atoms with Gasteiger partial charge in [-0.3, -0.25) is 4.90 Å². The number of rotatable bonds is 3. The fourth-order valence-corrected chi connectivity index (χ4v) is 3.00. The Morgan fingerprint density at radius 3 is 2.38 bits per heavy atom. The Labute approximate surface area is 81.5 Å². The smallest absolute Gasteiger partial charge is 0.0246 e. The third-order valence-electron chi connectivity index (χ3n) is 3.75. The van der Waals surface area contributed by atoms with Crippen molar-refractivity contribution >= 4 is 0 Å². The Kier molecular flexibility index (Phi) is 2.89. The third kappa shape index (κ3) is 1.89. The van der Waals surface area contributed by atoms with Crippen molar-refractivity contribution in [3.63, 3.8) is 0 Å². The Morgan fingerprint density at radius 1 is 1.31 bits per heavy atom. The summed E-state index contributed by atoms with van der Waals surface area (Å²) in [6.07, 6.45) is 5.72. The van der Waals surface area contributed by atoms with Crippen molar-refractivity contribution in [1.82, 2.24) is 4.90 Å². The molecule has 1 unspecified atom stereocenters. The summed E-state index contributed by atoms with van der Waals surface area (Å²) in [5.74, 6) is 1.83. The molecule has 0 amide bonds. The molecule has 2 heteroatoms. The van der Waals surface area contributed by atoms with E-state index in [0.717, 1.165) is 18.4 Å². The van der Waals surface area contributed by atoms with Crippen LogP contribution in [0.1, 0.15) is 32.6 Å². The number of nitrogens with two attached hydrogens (primary N) is 1. The number of hydrogen-bond acceptors (Lipinski definition) is 2. The number of likely N-dealkylation sites (tertiary alicyclic amines) is 1. The monoisotopic (exact) mass is 182 g/mol. The van der Waals surface area contributed by atoms with Crippen molar-refractivity contribution in [3.8, 4) is 0 Å². The third-order valence-corrected chi connectivity index (χ3v) is 3.75. The van der Waals surface area contributed by atoms with Crippen LogP contribution in [0.4, 0.5) is 0 Å². The number of hydrogen-bond donors (Lipinski definition) is 1. The van der Waals surface area contributed by atoms with E-state index in [1.165, 1.54) is 38.8 Å². The Bertz CT molecular complexity index is 157. The van der Waals surface area contributed by atoms with Gasteiger partial charge in [0, 0.05) is 25.7 Å². The SMILES string of the molecule is CC1CN(C(CN)C2CCCC2)C1. The molecule has 0 aromatic carbocycles. The normalized spacial score (nSPS) is 29.1. The highest BCUT2D eigenvalue weighted by Gasteiger charge is 2.34. The van der Waals surface area contributed by atoms with E-state index in [4.69, 9.17) is 5.73 Å². The fraction of sp³-hybridized carbons (Fsp3) is 1.00. The molecule has 0 aromatic rings. The standard InChI is InChI=1S/C11H22N2/c1-9-7-13(8-9)11(6-12)10-4-2-3-5-10/h9-11H,2-8,12H2,1H3.